The Morgan fingerprint density at radius 3 is 2.68 bits per heavy atom. The zero-order chi connectivity index (χ0) is 13.8. The van der Waals surface area contributed by atoms with Crippen LogP contribution >= 0.6 is 11.6 Å². The number of hydrogen-bond acceptors (Lipinski definition) is 3. The van der Waals surface area contributed by atoms with Crippen molar-refractivity contribution in [1.29, 1.82) is 0 Å². The van der Waals surface area contributed by atoms with Crippen molar-refractivity contribution in [3.8, 4) is 0 Å². The van der Waals surface area contributed by atoms with Gasteiger partial charge in [0.15, 0.2) is 0 Å². The number of rotatable bonds is 4. The molecule has 5 heteroatoms. The molecule has 0 bridgehead atoms. The SMILES string of the molecule is Cc1cc(C(=O)N(CCCl)C2CCCC2)c(C)nn1. The second kappa shape index (κ2) is 6.33. The average molecular weight is 282 g/mol. The van der Waals surface area contributed by atoms with Crippen LogP contribution < -0.4 is 0 Å². The molecule has 104 valence electrons. The largest absolute Gasteiger partial charge is 0.334 e. The third-order valence-corrected chi connectivity index (χ3v) is 3.85. The van der Waals surface area contributed by atoms with Crippen LogP contribution in [0.4, 0.5) is 0 Å². The first-order valence-electron chi connectivity index (χ1n) is 6.81. The molecule has 0 N–H and O–H groups in total. The molecule has 2 rings (SSSR count). The fourth-order valence-corrected chi connectivity index (χ4v) is 2.86. The molecule has 0 radical (unpaired) electrons. The lowest BCUT2D eigenvalue weighted by molar-refractivity contribution is 0.0693. The molecule has 0 atom stereocenters. The Morgan fingerprint density at radius 1 is 1.37 bits per heavy atom. The third-order valence-electron chi connectivity index (χ3n) is 3.68. The number of carbonyl (C=O) groups is 1. The van der Waals surface area contributed by atoms with E-state index in [4.69, 9.17) is 11.6 Å². The number of halogens is 1. The number of alkyl halides is 1. The van der Waals surface area contributed by atoms with Gasteiger partial charge in [-0.2, -0.15) is 10.2 Å². The number of carbonyl (C=O) groups excluding carboxylic acids is 1. The van der Waals surface area contributed by atoms with E-state index in [0.29, 0.717) is 29.7 Å². The van der Waals surface area contributed by atoms with Crippen LogP contribution in [-0.2, 0) is 0 Å². The molecule has 1 saturated carbocycles. The van der Waals surface area contributed by atoms with E-state index >= 15 is 0 Å². The van der Waals surface area contributed by atoms with Gasteiger partial charge in [-0.15, -0.1) is 11.6 Å². The standard InChI is InChI=1S/C14H20ClN3O/c1-10-9-13(11(2)17-16-10)14(19)18(8-7-15)12-5-3-4-6-12/h9,12H,3-8H2,1-2H3. The van der Waals surface area contributed by atoms with Crippen LogP contribution in [0.3, 0.4) is 0 Å². The van der Waals surface area contributed by atoms with Crippen molar-refractivity contribution in [3.63, 3.8) is 0 Å². The van der Waals surface area contributed by atoms with Crippen LogP contribution in [0.15, 0.2) is 6.07 Å². The summed E-state index contributed by atoms with van der Waals surface area (Å²) in [6.45, 7) is 4.28. The number of amides is 1. The first kappa shape index (κ1) is 14.3. The quantitative estimate of drug-likeness (QED) is 0.797. The normalized spacial score (nSPS) is 15.7. The van der Waals surface area contributed by atoms with Gasteiger partial charge in [-0.3, -0.25) is 4.79 Å². The highest BCUT2D eigenvalue weighted by Gasteiger charge is 2.28. The van der Waals surface area contributed by atoms with Crippen molar-refractivity contribution in [1.82, 2.24) is 15.1 Å². The molecule has 1 aliphatic rings. The first-order chi connectivity index (χ1) is 9.13. The lowest BCUT2D eigenvalue weighted by Gasteiger charge is -2.28. The Morgan fingerprint density at radius 2 is 2.05 bits per heavy atom. The lowest BCUT2D eigenvalue weighted by atomic mass is 10.1. The molecule has 1 heterocycles. The van der Waals surface area contributed by atoms with Crippen LogP contribution in [0.5, 0.6) is 0 Å². The molecule has 1 fully saturated rings. The van der Waals surface area contributed by atoms with Gasteiger partial charge < -0.3 is 4.90 Å². The van der Waals surface area contributed by atoms with Crippen LogP contribution in [0.2, 0.25) is 0 Å². The van der Waals surface area contributed by atoms with Gasteiger partial charge in [-0.1, -0.05) is 12.8 Å². The van der Waals surface area contributed by atoms with Crippen molar-refractivity contribution in [2.75, 3.05) is 12.4 Å². The summed E-state index contributed by atoms with van der Waals surface area (Å²) in [6, 6.07) is 2.15. The van der Waals surface area contributed by atoms with Gasteiger partial charge in [0.25, 0.3) is 5.91 Å². The molecule has 1 aromatic rings. The number of hydrogen-bond donors (Lipinski definition) is 0. The predicted molar refractivity (Wildman–Crippen MR) is 75.5 cm³/mol. The van der Waals surface area contributed by atoms with Crippen molar-refractivity contribution in [2.45, 2.75) is 45.6 Å². The van der Waals surface area contributed by atoms with E-state index in [0.717, 1.165) is 18.5 Å². The van der Waals surface area contributed by atoms with Crippen LogP contribution in [0, 0.1) is 13.8 Å². The van der Waals surface area contributed by atoms with Gasteiger partial charge in [0.1, 0.15) is 0 Å². The maximum absolute atomic E-state index is 12.7. The van der Waals surface area contributed by atoms with Gasteiger partial charge >= 0.3 is 0 Å². The molecule has 0 unspecified atom stereocenters. The van der Waals surface area contributed by atoms with E-state index in [9.17, 15) is 4.79 Å². The Balaban J connectivity index is 2.25. The fourth-order valence-electron chi connectivity index (χ4n) is 2.68. The first-order valence-corrected chi connectivity index (χ1v) is 7.35. The predicted octanol–water partition coefficient (Wildman–Crippen LogP) is 2.72. The molecule has 1 aliphatic carbocycles. The van der Waals surface area contributed by atoms with E-state index < -0.39 is 0 Å². The molecule has 0 spiro atoms. The second-order valence-corrected chi connectivity index (χ2v) is 5.49. The van der Waals surface area contributed by atoms with Crippen LogP contribution in [0.1, 0.15) is 47.4 Å². The minimum absolute atomic E-state index is 0.0445. The minimum Gasteiger partial charge on any atom is -0.334 e. The highest BCUT2D eigenvalue weighted by molar-refractivity contribution is 6.18. The molecule has 19 heavy (non-hydrogen) atoms. The monoisotopic (exact) mass is 281 g/mol. The average Bonchev–Trinajstić information content (AvgIpc) is 2.92. The van der Waals surface area contributed by atoms with E-state index in [1.807, 2.05) is 24.8 Å². The zero-order valence-electron chi connectivity index (χ0n) is 11.5. The molecule has 0 aliphatic heterocycles. The Bertz CT molecular complexity index is 458. The van der Waals surface area contributed by atoms with Crippen molar-refractivity contribution in [2.24, 2.45) is 0 Å². The van der Waals surface area contributed by atoms with Crippen molar-refractivity contribution < 1.29 is 4.79 Å². The Hall–Kier alpha value is -1.16. The topological polar surface area (TPSA) is 46.1 Å². The summed E-state index contributed by atoms with van der Waals surface area (Å²) in [4.78, 5) is 14.6. The second-order valence-electron chi connectivity index (χ2n) is 5.11. The van der Waals surface area contributed by atoms with Crippen molar-refractivity contribution >= 4 is 17.5 Å². The molecule has 0 saturated heterocycles. The molecule has 1 aromatic heterocycles. The molecule has 1 amide bonds. The fraction of sp³-hybridized carbons (Fsp3) is 0.643. The summed E-state index contributed by atoms with van der Waals surface area (Å²) >= 11 is 5.86. The molecule has 0 aromatic carbocycles. The van der Waals surface area contributed by atoms with Gasteiger partial charge in [0.05, 0.1) is 17.0 Å². The summed E-state index contributed by atoms with van der Waals surface area (Å²) in [5, 5.41) is 8.02. The van der Waals surface area contributed by atoms with Crippen LogP contribution in [-0.4, -0.2) is 39.5 Å². The summed E-state index contributed by atoms with van der Waals surface area (Å²) in [7, 11) is 0. The summed E-state index contributed by atoms with van der Waals surface area (Å²) in [5.74, 6) is 0.516. The number of nitrogens with zero attached hydrogens (tertiary/aromatic N) is 3. The van der Waals surface area contributed by atoms with Crippen molar-refractivity contribution in [3.05, 3.63) is 23.0 Å². The maximum Gasteiger partial charge on any atom is 0.256 e. The zero-order valence-corrected chi connectivity index (χ0v) is 12.3. The van der Waals surface area contributed by atoms with E-state index in [-0.39, 0.29) is 5.91 Å². The third kappa shape index (κ3) is 3.24. The Labute approximate surface area is 119 Å². The van der Waals surface area contributed by atoms with E-state index in [2.05, 4.69) is 10.2 Å². The van der Waals surface area contributed by atoms with Gasteiger partial charge in [-0.25, -0.2) is 0 Å². The summed E-state index contributed by atoms with van der Waals surface area (Å²) < 4.78 is 0. The highest BCUT2D eigenvalue weighted by Crippen LogP contribution is 2.25. The van der Waals surface area contributed by atoms with E-state index in [1.165, 1.54) is 12.8 Å². The van der Waals surface area contributed by atoms with E-state index in [1.54, 1.807) is 0 Å². The maximum atomic E-state index is 12.7. The van der Waals surface area contributed by atoms with Gasteiger partial charge in [0.2, 0.25) is 0 Å². The highest BCUT2D eigenvalue weighted by atomic mass is 35.5. The van der Waals surface area contributed by atoms with Gasteiger partial charge in [-0.05, 0) is 32.8 Å². The summed E-state index contributed by atoms with van der Waals surface area (Å²) in [5.41, 5.74) is 2.11. The van der Waals surface area contributed by atoms with Gasteiger partial charge in [0, 0.05) is 18.5 Å². The minimum atomic E-state index is 0.0445. The summed E-state index contributed by atoms with van der Waals surface area (Å²) in [6.07, 6.45) is 4.56. The molecular formula is C14H20ClN3O. The Kier molecular flexibility index (Phi) is 4.75. The smallest absolute Gasteiger partial charge is 0.256 e. The number of aromatic nitrogens is 2. The molecular weight excluding hydrogens is 262 g/mol. The molecule has 4 nitrogen and oxygen atoms in total. The van der Waals surface area contributed by atoms with Crippen LogP contribution in [0.25, 0.3) is 0 Å². The number of aryl methyl sites for hydroxylation is 2. The lowest BCUT2D eigenvalue weighted by Crippen LogP contribution is -2.40.